The molecule has 4 heteroatoms. The van der Waals surface area contributed by atoms with Crippen LogP contribution in [0.25, 0.3) is 0 Å². The molecule has 0 bridgehead atoms. The van der Waals surface area contributed by atoms with Crippen molar-refractivity contribution in [2.45, 2.75) is 51.1 Å². The molecule has 1 aliphatic heterocycles. The second kappa shape index (κ2) is 6.49. The van der Waals surface area contributed by atoms with Crippen LogP contribution in [0.15, 0.2) is 22.7 Å². The molecule has 1 unspecified atom stereocenters. The van der Waals surface area contributed by atoms with Gasteiger partial charge >= 0.3 is 0 Å². The fourth-order valence-electron chi connectivity index (χ4n) is 3.10. The van der Waals surface area contributed by atoms with Gasteiger partial charge in [0, 0.05) is 28.7 Å². The summed E-state index contributed by atoms with van der Waals surface area (Å²) in [6.45, 7) is 3.96. The zero-order valence-electron chi connectivity index (χ0n) is 12.6. The lowest BCUT2D eigenvalue weighted by molar-refractivity contribution is 0.0717. The lowest BCUT2D eigenvalue weighted by Crippen LogP contribution is -2.46. The first-order valence-corrected chi connectivity index (χ1v) is 8.75. The third kappa shape index (κ3) is 3.49. The molecular formula is C17H23BrN2O. The number of halogens is 1. The molecular weight excluding hydrogens is 328 g/mol. The molecule has 1 aromatic rings. The maximum atomic E-state index is 13.0. The Morgan fingerprint density at radius 3 is 2.81 bits per heavy atom. The van der Waals surface area contributed by atoms with Gasteiger partial charge in [0.15, 0.2) is 0 Å². The number of carbonyl (C=O) groups is 1. The molecule has 1 aliphatic carbocycles. The molecule has 1 saturated heterocycles. The van der Waals surface area contributed by atoms with Crippen LogP contribution in [0, 0.1) is 6.92 Å². The summed E-state index contributed by atoms with van der Waals surface area (Å²) in [6.07, 6.45) is 6.05. The Kier molecular flexibility index (Phi) is 4.65. The highest BCUT2D eigenvalue weighted by Crippen LogP contribution is 2.30. The van der Waals surface area contributed by atoms with Crippen LogP contribution in [0.3, 0.4) is 0 Å². The second-order valence-corrected chi connectivity index (χ2v) is 7.10. The third-order valence-corrected chi connectivity index (χ3v) is 5.44. The van der Waals surface area contributed by atoms with Crippen molar-refractivity contribution in [3.05, 3.63) is 33.8 Å². The van der Waals surface area contributed by atoms with E-state index < -0.39 is 0 Å². The van der Waals surface area contributed by atoms with Crippen LogP contribution in [0.5, 0.6) is 0 Å². The van der Waals surface area contributed by atoms with Crippen LogP contribution in [-0.2, 0) is 0 Å². The molecule has 1 atom stereocenters. The Labute approximate surface area is 135 Å². The van der Waals surface area contributed by atoms with Crippen molar-refractivity contribution in [3.8, 4) is 0 Å². The number of nitrogens with zero attached hydrogens (tertiary/aromatic N) is 1. The number of amides is 1. The molecule has 114 valence electrons. The quantitative estimate of drug-likeness (QED) is 0.901. The average molecular weight is 351 g/mol. The van der Waals surface area contributed by atoms with Gasteiger partial charge in [-0.25, -0.2) is 0 Å². The van der Waals surface area contributed by atoms with E-state index in [4.69, 9.17) is 0 Å². The van der Waals surface area contributed by atoms with E-state index >= 15 is 0 Å². The molecule has 21 heavy (non-hydrogen) atoms. The molecule has 3 rings (SSSR count). The fraction of sp³-hybridized carbons (Fsp3) is 0.588. The van der Waals surface area contributed by atoms with Gasteiger partial charge in [-0.2, -0.15) is 0 Å². The summed E-state index contributed by atoms with van der Waals surface area (Å²) in [5.74, 6) is 0.198. The SMILES string of the molecule is Cc1c(Br)cccc1C(=O)N(CC1CCCCN1)C1CC1. The van der Waals surface area contributed by atoms with Crippen molar-refractivity contribution in [3.63, 3.8) is 0 Å². The number of nitrogens with one attached hydrogen (secondary N) is 1. The number of carbonyl (C=O) groups excluding carboxylic acids is 1. The second-order valence-electron chi connectivity index (χ2n) is 6.25. The molecule has 3 nitrogen and oxygen atoms in total. The minimum absolute atomic E-state index is 0.198. The Morgan fingerprint density at radius 1 is 1.33 bits per heavy atom. The molecule has 2 fully saturated rings. The van der Waals surface area contributed by atoms with E-state index in [9.17, 15) is 4.79 Å². The molecule has 1 heterocycles. The summed E-state index contributed by atoms with van der Waals surface area (Å²) < 4.78 is 1.01. The van der Waals surface area contributed by atoms with Crippen LogP contribution >= 0.6 is 15.9 Å². The van der Waals surface area contributed by atoms with Gasteiger partial charge in [0.05, 0.1) is 0 Å². The van der Waals surface area contributed by atoms with Crippen molar-refractivity contribution >= 4 is 21.8 Å². The first kappa shape index (κ1) is 15.0. The minimum Gasteiger partial charge on any atom is -0.334 e. The van der Waals surface area contributed by atoms with E-state index in [0.29, 0.717) is 12.1 Å². The summed E-state index contributed by atoms with van der Waals surface area (Å²) in [6, 6.07) is 6.83. The molecule has 1 aromatic carbocycles. The van der Waals surface area contributed by atoms with Crippen LogP contribution in [0.1, 0.15) is 48.0 Å². The molecule has 1 saturated carbocycles. The number of hydrogen-bond donors (Lipinski definition) is 1. The average Bonchev–Trinajstić information content (AvgIpc) is 3.33. The van der Waals surface area contributed by atoms with Crippen LogP contribution < -0.4 is 5.32 Å². The van der Waals surface area contributed by atoms with E-state index in [1.54, 1.807) is 0 Å². The smallest absolute Gasteiger partial charge is 0.254 e. The van der Waals surface area contributed by atoms with E-state index in [2.05, 4.69) is 26.1 Å². The molecule has 1 amide bonds. The topological polar surface area (TPSA) is 32.3 Å². The van der Waals surface area contributed by atoms with E-state index in [-0.39, 0.29) is 5.91 Å². The van der Waals surface area contributed by atoms with Crippen molar-refractivity contribution in [1.29, 1.82) is 0 Å². The summed E-state index contributed by atoms with van der Waals surface area (Å²) in [5, 5.41) is 3.56. The van der Waals surface area contributed by atoms with Crippen molar-refractivity contribution in [2.24, 2.45) is 0 Å². The van der Waals surface area contributed by atoms with Gasteiger partial charge in [-0.3, -0.25) is 4.79 Å². The lowest BCUT2D eigenvalue weighted by atomic mass is 10.0. The number of rotatable bonds is 4. The Morgan fingerprint density at radius 2 is 2.14 bits per heavy atom. The first-order valence-electron chi connectivity index (χ1n) is 7.96. The minimum atomic E-state index is 0.198. The summed E-state index contributed by atoms with van der Waals surface area (Å²) in [5.41, 5.74) is 1.89. The summed E-state index contributed by atoms with van der Waals surface area (Å²) in [7, 11) is 0. The summed E-state index contributed by atoms with van der Waals surface area (Å²) in [4.78, 5) is 15.1. The van der Waals surface area contributed by atoms with Gasteiger partial charge in [-0.15, -0.1) is 0 Å². The van der Waals surface area contributed by atoms with Gasteiger partial charge in [0.2, 0.25) is 0 Å². The van der Waals surface area contributed by atoms with Crippen molar-refractivity contribution in [2.75, 3.05) is 13.1 Å². The van der Waals surface area contributed by atoms with Crippen LogP contribution in [-0.4, -0.2) is 36.0 Å². The van der Waals surface area contributed by atoms with Gasteiger partial charge in [-0.05, 0) is 56.8 Å². The third-order valence-electron chi connectivity index (χ3n) is 4.58. The number of piperidine rings is 1. The first-order chi connectivity index (χ1) is 10.2. The van der Waals surface area contributed by atoms with E-state index in [0.717, 1.165) is 41.5 Å². The monoisotopic (exact) mass is 350 g/mol. The van der Waals surface area contributed by atoms with E-state index in [1.165, 1.54) is 19.3 Å². The summed E-state index contributed by atoms with van der Waals surface area (Å²) >= 11 is 3.53. The highest BCUT2D eigenvalue weighted by molar-refractivity contribution is 9.10. The van der Waals surface area contributed by atoms with Gasteiger partial charge in [0.25, 0.3) is 5.91 Å². The van der Waals surface area contributed by atoms with Crippen LogP contribution in [0.4, 0.5) is 0 Å². The van der Waals surface area contributed by atoms with Gasteiger partial charge < -0.3 is 10.2 Å². The van der Waals surface area contributed by atoms with Gasteiger partial charge in [0.1, 0.15) is 0 Å². The maximum absolute atomic E-state index is 13.0. The predicted molar refractivity (Wildman–Crippen MR) is 88.6 cm³/mol. The zero-order valence-corrected chi connectivity index (χ0v) is 14.2. The van der Waals surface area contributed by atoms with Crippen LogP contribution in [0.2, 0.25) is 0 Å². The number of hydrogen-bond acceptors (Lipinski definition) is 2. The van der Waals surface area contributed by atoms with Crippen molar-refractivity contribution < 1.29 is 4.79 Å². The number of benzene rings is 1. The lowest BCUT2D eigenvalue weighted by Gasteiger charge is -2.31. The molecule has 1 N–H and O–H groups in total. The Bertz CT molecular complexity index is 522. The van der Waals surface area contributed by atoms with Crippen molar-refractivity contribution in [1.82, 2.24) is 10.2 Å². The highest BCUT2D eigenvalue weighted by atomic mass is 79.9. The molecule has 0 radical (unpaired) electrons. The molecule has 2 aliphatic rings. The fourth-order valence-corrected chi connectivity index (χ4v) is 3.46. The molecule has 0 spiro atoms. The van der Waals surface area contributed by atoms with E-state index in [1.807, 2.05) is 25.1 Å². The zero-order chi connectivity index (χ0) is 14.8. The standard InChI is InChI=1S/C17H23BrN2O/c1-12-15(6-4-7-16(12)18)17(21)20(14-8-9-14)11-13-5-2-3-10-19-13/h4,6-7,13-14,19H,2-3,5,8-11H2,1H3. The normalized spacial score (nSPS) is 22.1. The molecule has 0 aromatic heterocycles. The van der Waals surface area contributed by atoms with Gasteiger partial charge in [-0.1, -0.05) is 28.4 Å². The Hall–Kier alpha value is -0.870. The maximum Gasteiger partial charge on any atom is 0.254 e. The largest absolute Gasteiger partial charge is 0.334 e. The predicted octanol–water partition coefficient (Wildman–Crippen LogP) is 3.50. The Balaban J connectivity index is 1.76. The highest BCUT2D eigenvalue weighted by Gasteiger charge is 2.35.